The molecule has 0 amide bonds. The van der Waals surface area contributed by atoms with Gasteiger partial charge in [-0.3, -0.25) is 0 Å². The average Bonchev–Trinajstić information content (AvgIpc) is 3.35. The van der Waals surface area contributed by atoms with E-state index in [0.29, 0.717) is 9.18 Å². The van der Waals surface area contributed by atoms with Crippen molar-refractivity contribution in [2.75, 3.05) is 0 Å². The molecule has 172 valence electrons. The summed E-state index contributed by atoms with van der Waals surface area (Å²) in [5, 5.41) is 3.29. The molecule has 0 bridgehead atoms. The van der Waals surface area contributed by atoms with E-state index in [4.69, 9.17) is 0 Å². The van der Waals surface area contributed by atoms with Crippen LogP contribution < -0.4 is 0 Å². The van der Waals surface area contributed by atoms with Crippen LogP contribution in [0.3, 0.4) is 0 Å². The number of allylic oxidation sites excluding steroid dienone is 2. The third-order valence-corrected chi connectivity index (χ3v) is 12.9. The maximum atomic E-state index is 2.61. The van der Waals surface area contributed by atoms with Crippen LogP contribution >= 0.6 is 0 Å². The van der Waals surface area contributed by atoms with Gasteiger partial charge in [0.25, 0.3) is 0 Å². The molecule has 0 nitrogen and oxygen atoms in total. The molecule has 2 aliphatic carbocycles. The Kier molecular flexibility index (Phi) is 6.44. The van der Waals surface area contributed by atoms with Gasteiger partial charge < -0.3 is 0 Å². The molecule has 3 heteroatoms. The van der Waals surface area contributed by atoms with E-state index in [1.807, 2.05) is 0 Å². The van der Waals surface area contributed by atoms with E-state index in [2.05, 4.69) is 159 Å². The number of fused-ring (bicyclic) bond motifs is 2. The third-order valence-electron chi connectivity index (χ3n) is 9.13. The minimum absolute atomic E-state index is 0.448. The van der Waals surface area contributed by atoms with E-state index < -0.39 is 8.07 Å². The molecule has 0 radical (unpaired) electrons. The summed E-state index contributed by atoms with van der Waals surface area (Å²) in [6, 6.07) is 35.9. The molecule has 0 saturated carbocycles. The van der Waals surface area contributed by atoms with Crippen LogP contribution in [0, 0.1) is 0 Å². The molecule has 2 unspecified atom stereocenters. The first kappa shape index (κ1) is 25.1. The van der Waals surface area contributed by atoms with Crippen LogP contribution in [0.25, 0.3) is 32.6 Å². The summed E-state index contributed by atoms with van der Waals surface area (Å²) >= 11 is 4.81. The topological polar surface area (TPSA) is 0 Å². The predicted octanol–water partition coefficient (Wildman–Crippen LogP) is 8.50. The summed E-state index contributed by atoms with van der Waals surface area (Å²) < 4.78 is 0.896. The molecule has 4 aromatic rings. The monoisotopic (exact) mass is 480 g/mol. The normalized spacial score (nSPS) is 18.9. The Morgan fingerprint density at radius 2 is 0.892 bits per heavy atom. The molecule has 0 heterocycles. The standard InChI is InChI=1S/C34H30Si.2Li/c1-23-21-27-17-11-19-29(25-13-7-5-8-14-25)31(27)33(23)35(3,4)34-24(2)22-28-18-12-20-30(32(28)34)26-15-9-6-10-16-26;;/h5-22H,1-4H3;;. The van der Waals surface area contributed by atoms with Gasteiger partial charge in [0.1, 0.15) is 0 Å². The molecule has 0 fully saturated rings. The molecular formula is C34H30Li2Si. The van der Waals surface area contributed by atoms with E-state index >= 15 is 0 Å². The van der Waals surface area contributed by atoms with Crippen molar-refractivity contribution >= 4 is 53.9 Å². The molecule has 37 heavy (non-hydrogen) atoms. The molecule has 0 saturated heterocycles. The van der Waals surface area contributed by atoms with Crippen LogP contribution in [0.2, 0.25) is 13.1 Å². The van der Waals surface area contributed by atoms with Gasteiger partial charge >= 0.3 is 243 Å². The number of rotatable bonds is 4. The zero-order valence-electron chi connectivity index (χ0n) is 22.9. The Labute approximate surface area is 241 Å². The van der Waals surface area contributed by atoms with Crippen molar-refractivity contribution in [3.05, 3.63) is 130 Å². The van der Waals surface area contributed by atoms with Crippen LogP contribution in [-0.2, 0) is 0 Å². The van der Waals surface area contributed by atoms with Gasteiger partial charge in [-0.25, -0.2) is 0 Å². The summed E-state index contributed by atoms with van der Waals surface area (Å²) in [5.41, 5.74) is 14.5. The van der Waals surface area contributed by atoms with Crippen molar-refractivity contribution in [3.8, 4) is 22.3 Å². The minimum atomic E-state index is -2.12. The van der Waals surface area contributed by atoms with Crippen molar-refractivity contribution in [1.82, 2.24) is 0 Å². The second kappa shape index (κ2) is 9.51. The first-order valence-electron chi connectivity index (χ1n) is 13.6. The van der Waals surface area contributed by atoms with Crippen LogP contribution in [0.15, 0.2) is 108 Å². The first-order valence-corrected chi connectivity index (χ1v) is 16.6. The van der Waals surface area contributed by atoms with Gasteiger partial charge in [-0.2, -0.15) is 0 Å². The molecule has 4 aromatic carbocycles. The van der Waals surface area contributed by atoms with Crippen molar-refractivity contribution in [2.45, 2.75) is 36.1 Å². The predicted molar refractivity (Wildman–Crippen MR) is 163 cm³/mol. The second-order valence-corrected chi connectivity index (χ2v) is 15.7. The van der Waals surface area contributed by atoms with E-state index in [-0.39, 0.29) is 0 Å². The molecule has 2 atom stereocenters. The first-order chi connectivity index (χ1) is 17.8. The second-order valence-electron chi connectivity index (χ2n) is 11.5. The van der Waals surface area contributed by atoms with Gasteiger partial charge in [-0.1, -0.05) is 0 Å². The summed E-state index contributed by atoms with van der Waals surface area (Å²) in [6.45, 7) is 10.0. The molecule has 2 aliphatic rings. The van der Waals surface area contributed by atoms with E-state index in [1.165, 1.54) is 44.5 Å². The van der Waals surface area contributed by atoms with Crippen molar-refractivity contribution in [2.24, 2.45) is 0 Å². The maximum absolute atomic E-state index is 2.61. The van der Waals surface area contributed by atoms with Gasteiger partial charge in [0.2, 0.25) is 0 Å². The summed E-state index contributed by atoms with van der Waals surface area (Å²) in [7, 11) is -2.12. The van der Waals surface area contributed by atoms with E-state index in [1.54, 1.807) is 21.5 Å². The van der Waals surface area contributed by atoms with Crippen LogP contribution in [0.4, 0.5) is 0 Å². The number of hydrogen-bond acceptors (Lipinski definition) is 0. The Balaban J connectivity index is 1.61. The average molecular weight is 481 g/mol. The van der Waals surface area contributed by atoms with E-state index in [0.717, 1.165) is 0 Å². The zero-order valence-corrected chi connectivity index (χ0v) is 23.9. The van der Waals surface area contributed by atoms with Crippen molar-refractivity contribution < 1.29 is 0 Å². The van der Waals surface area contributed by atoms with Crippen LogP contribution in [-0.4, -0.2) is 43.5 Å². The molecule has 6 rings (SSSR count). The summed E-state index contributed by atoms with van der Waals surface area (Å²) in [6.07, 6.45) is 0. The summed E-state index contributed by atoms with van der Waals surface area (Å²) in [5.74, 6) is 0. The summed E-state index contributed by atoms with van der Waals surface area (Å²) in [4.78, 5) is 0. The molecule has 0 spiro atoms. The SMILES string of the molecule is [Li][CH]1C(C)=C([Si](C)(C)C2=C(C)[CH]([Li])c3cccc(-c4ccccc4)c32)c2c(-c3ccccc3)cccc21. The Morgan fingerprint density at radius 3 is 1.27 bits per heavy atom. The molecule has 0 N–H and O–H groups in total. The Morgan fingerprint density at radius 1 is 0.514 bits per heavy atom. The fourth-order valence-corrected chi connectivity index (χ4v) is 11.6. The fraction of sp³-hybridized carbons (Fsp3) is 0.176. The number of benzene rings is 4. The van der Waals surface area contributed by atoms with Gasteiger partial charge in [-0.05, 0) is 0 Å². The van der Waals surface area contributed by atoms with E-state index in [9.17, 15) is 0 Å². The van der Waals surface area contributed by atoms with Gasteiger partial charge in [0.15, 0.2) is 0 Å². The molecule has 0 aromatic heterocycles. The van der Waals surface area contributed by atoms with Crippen molar-refractivity contribution in [1.29, 1.82) is 0 Å². The van der Waals surface area contributed by atoms with Crippen molar-refractivity contribution in [3.63, 3.8) is 0 Å². The third kappa shape index (κ3) is 3.88. The van der Waals surface area contributed by atoms with Gasteiger partial charge in [0, 0.05) is 0 Å². The molecule has 0 aliphatic heterocycles. The van der Waals surface area contributed by atoms with Gasteiger partial charge in [-0.15, -0.1) is 0 Å². The fourth-order valence-electron chi connectivity index (χ4n) is 7.17. The van der Waals surface area contributed by atoms with Crippen LogP contribution in [0.5, 0.6) is 0 Å². The quantitative estimate of drug-likeness (QED) is 0.257. The van der Waals surface area contributed by atoms with Gasteiger partial charge in [0.05, 0.1) is 0 Å². The number of hydrogen-bond donors (Lipinski definition) is 0. The Hall–Kier alpha value is -2.23. The zero-order chi connectivity index (χ0) is 25.9. The Bertz CT molecular complexity index is 1460. The molecular weight excluding hydrogens is 450 g/mol. The van der Waals surface area contributed by atoms with Crippen LogP contribution in [0.1, 0.15) is 45.3 Å².